The molecule has 11 heteroatoms. The number of carbonyl (C=O) groups is 1. The molecule has 35 heavy (non-hydrogen) atoms. The number of morpholine rings is 1. The van der Waals surface area contributed by atoms with E-state index in [-0.39, 0.29) is 23.4 Å². The molecule has 1 N–H and O–H groups in total. The van der Waals surface area contributed by atoms with Crippen LogP contribution < -0.4 is 5.32 Å². The summed E-state index contributed by atoms with van der Waals surface area (Å²) in [5.74, 6) is 1.60. The first-order valence-electron chi connectivity index (χ1n) is 12.7. The second-order valence-corrected chi connectivity index (χ2v) is 10.1. The van der Waals surface area contributed by atoms with Crippen LogP contribution >= 0.6 is 0 Å². The van der Waals surface area contributed by atoms with Gasteiger partial charge in [0.1, 0.15) is 11.4 Å². The zero-order valence-corrected chi connectivity index (χ0v) is 19.9. The van der Waals surface area contributed by atoms with Crippen LogP contribution in [0.3, 0.4) is 0 Å². The summed E-state index contributed by atoms with van der Waals surface area (Å²) >= 11 is 0. The number of aliphatic imine (C=N–C) groups is 1. The number of rotatable bonds is 5. The molecule has 5 heterocycles. The fourth-order valence-corrected chi connectivity index (χ4v) is 5.99. The first kappa shape index (κ1) is 22.6. The predicted octanol–water partition coefficient (Wildman–Crippen LogP) is 4.32. The van der Waals surface area contributed by atoms with E-state index in [1.54, 1.807) is 15.6 Å². The van der Waals surface area contributed by atoms with E-state index in [9.17, 15) is 13.6 Å². The molecule has 1 saturated carbocycles. The number of nitrogens with zero attached hydrogens (tertiary/aromatic N) is 6. The number of halogens is 2. The van der Waals surface area contributed by atoms with Crippen molar-refractivity contribution in [3.63, 3.8) is 0 Å². The van der Waals surface area contributed by atoms with E-state index in [0.29, 0.717) is 30.9 Å². The Morgan fingerprint density at radius 2 is 2.09 bits per heavy atom. The molecule has 1 amide bonds. The van der Waals surface area contributed by atoms with Gasteiger partial charge in [0.05, 0.1) is 43.2 Å². The monoisotopic (exact) mass is 487 g/mol. The second kappa shape index (κ2) is 9.00. The highest BCUT2D eigenvalue weighted by atomic mass is 19.3. The van der Waals surface area contributed by atoms with Crippen LogP contribution in [0.15, 0.2) is 17.4 Å². The lowest BCUT2D eigenvalue weighted by molar-refractivity contribution is 0.0557. The summed E-state index contributed by atoms with van der Waals surface area (Å²) in [6.45, 7) is 4.33. The largest absolute Gasteiger partial charge is 0.374 e. The standard InChI is InChI=1S/C24H31F2N7O2/c1-2-14-3-5-15(6-4-14)33-12-19(21(30-33)22(25)26)28-24(34)18-10-27-32-8-7-20(29-23(18)32)31-11-17-9-16(31)13-35-17/h10,12,14-17,22H,2-9,11,13H2,1H3,(H,28,34)/t14-,15-,16-,17-/m0/s1. The van der Waals surface area contributed by atoms with Gasteiger partial charge in [-0.25, -0.2) is 18.5 Å². The number of hydrogen-bond donors (Lipinski definition) is 1. The smallest absolute Gasteiger partial charge is 0.284 e. The molecule has 0 radical (unpaired) electrons. The number of aromatic nitrogens is 4. The maximum Gasteiger partial charge on any atom is 0.284 e. The summed E-state index contributed by atoms with van der Waals surface area (Å²) in [6, 6.07) is 0.411. The molecule has 6 rings (SSSR count). The Balaban J connectivity index is 1.22. The number of carbonyl (C=O) groups excluding carboxylic acids is 1. The SMILES string of the molecule is CC[C@H]1CC[C@H](n2cc(NC(=O)c3cnn4c3N=C(N3C[C@@H]5C[C@H]3CO5)CC4)c(C(F)F)n2)CC1. The van der Waals surface area contributed by atoms with Gasteiger partial charge in [-0.15, -0.1) is 0 Å². The number of likely N-dealkylation sites (tertiary alicyclic amines) is 1. The third kappa shape index (κ3) is 4.13. The Morgan fingerprint density at radius 3 is 2.77 bits per heavy atom. The molecule has 9 nitrogen and oxygen atoms in total. The molecule has 3 aliphatic heterocycles. The number of nitrogens with one attached hydrogen (secondary N) is 1. The maximum absolute atomic E-state index is 13.8. The summed E-state index contributed by atoms with van der Waals surface area (Å²) < 4.78 is 36.6. The van der Waals surface area contributed by atoms with Crippen LogP contribution in [0.4, 0.5) is 20.3 Å². The van der Waals surface area contributed by atoms with Gasteiger partial charge in [-0.1, -0.05) is 13.3 Å². The van der Waals surface area contributed by atoms with E-state index < -0.39 is 18.0 Å². The quantitative estimate of drug-likeness (QED) is 0.679. The van der Waals surface area contributed by atoms with Gasteiger partial charge in [0.2, 0.25) is 0 Å². The molecule has 0 aromatic carbocycles. The Hall–Kier alpha value is -2.82. The van der Waals surface area contributed by atoms with Crippen LogP contribution in [0, 0.1) is 5.92 Å². The summed E-state index contributed by atoms with van der Waals surface area (Å²) in [7, 11) is 0. The van der Waals surface area contributed by atoms with Gasteiger partial charge in [0.25, 0.3) is 12.3 Å². The summed E-state index contributed by atoms with van der Waals surface area (Å²) in [5, 5.41) is 11.2. The molecule has 2 aromatic heterocycles. The average molecular weight is 488 g/mol. The minimum absolute atomic E-state index is 0.0524. The third-order valence-corrected chi connectivity index (χ3v) is 8.05. The van der Waals surface area contributed by atoms with Crippen LogP contribution in [-0.4, -0.2) is 61.5 Å². The lowest BCUT2D eigenvalue weighted by Crippen LogP contribution is -2.42. The molecule has 4 aliphatic rings. The Kier molecular flexibility index (Phi) is 5.82. The van der Waals surface area contributed by atoms with Gasteiger partial charge >= 0.3 is 0 Å². The number of amides is 1. The third-order valence-electron chi connectivity index (χ3n) is 8.05. The van der Waals surface area contributed by atoms with E-state index in [2.05, 4.69) is 27.3 Å². The van der Waals surface area contributed by atoms with Gasteiger partial charge in [-0.2, -0.15) is 10.2 Å². The minimum Gasteiger partial charge on any atom is -0.374 e. The van der Waals surface area contributed by atoms with E-state index in [1.165, 1.54) is 6.20 Å². The van der Waals surface area contributed by atoms with Gasteiger partial charge in [0, 0.05) is 19.2 Å². The number of fused-ring (bicyclic) bond motifs is 3. The lowest BCUT2D eigenvalue weighted by atomic mass is 9.85. The molecule has 2 bridgehead atoms. The first-order valence-corrected chi connectivity index (χ1v) is 12.7. The van der Waals surface area contributed by atoms with Crippen LogP contribution in [0.25, 0.3) is 0 Å². The van der Waals surface area contributed by atoms with Gasteiger partial charge < -0.3 is 15.0 Å². The molecule has 1 aliphatic carbocycles. The number of aryl methyl sites for hydroxylation is 1. The molecule has 3 fully saturated rings. The Labute approximate surface area is 202 Å². The molecular formula is C24H31F2N7O2. The number of alkyl halides is 2. The molecule has 2 aromatic rings. The van der Waals surface area contributed by atoms with Crippen molar-refractivity contribution in [3.8, 4) is 0 Å². The van der Waals surface area contributed by atoms with E-state index in [0.717, 1.165) is 57.3 Å². The average Bonchev–Trinajstić information content (AvgIpc) is 3.66. The van der Waals surface area contributed by atoms with Crippen molar-refractivity contribution in [2.45, 2.75) is 83.0 Å². The van der Waals surface area contributed by atoms with Gasteiger partial charge in [-0.05, 0) is 38.0 Å². The fourth-order valence-electron chi connectivity index (χ4n) is 5.99. The molecular weight excluding hydrogens is 456 g/mol. The van der Waals surface area contributed by atoms with E-state index in [4.69, 9.17) is 9.73 Å². The number of ether oxygens (including phenoxy) is 1. The topological polar surface area (TPSA) is 89.6 Å². The van der Waals surface area contributed by atoms with Gasteiger partial charge in [0.15, 0.2) is 11.5 Å². The molecule has 2 atom stereocenters. The van der Waals surface area contributed by atoms with Crippen molar-refractivity contribution < 1.29 is 18.3 Å². The lowest BCUT2D eigenvalue weighted by Gasteiger charge is -2.31. The van der Waals surface area contributed by atoms with Crippen molar-refractivity contribution in [3.05, 3.63) is 23.7 Å². The summed E-state index contributed by atoms with van der Waals surface area (Å²) in [5.41, 5.74) is -0.0647. The number of amidine groups is 1. The number of hydrogen-bond acceptors (Lipinski definition) is 6. The fraction of sp³-hybridized carbons (Fsp3) is 0.667. The van der Waals surface area contributed by atoms with Crippen molar-refractivity contribution in [2.24, 2.45) is 10.9 Å². The maximum atomic E-state index is 13.8. The molecule has 2 saturated heterocycles. The minimum atomic E-state index is -2.78. The van der Waals surface area contributed by atoms with Crippen LogP contribution in [0.2, 0.25) is 0 Å². The zero-order valence-electron chi connectivity index (χ0n) is 19.9. The normalized spacial score (nSPS) is 27.9. The van der Waals surface area contributed by atoms with Gasteiger partial charge in [-0.3, -0.25) is 9.48 Å². The van der Waals surface area contributed by atoms with Crippen molar-refractivity contribution in [2.75, 3.05) is 18.5 Å². The Bertz CT molecular complexity index is 1140. The highest BCUT2D eigenvalue weighted by Gasteiger charge is 2.41. The predicted molar refractivity (Wildman–Crippen MR) is 125 cm³/mol. The molecule has 188 valence electrons. The van der Waals surface area contributed by atoms with Crippen LogP contribution in [0.5, 0.6) is 0 Å². The Morgan fingerprint density at radius 1 is 1.26 bits per heavy atom. The van der Waals surface area contributed by atoms with E-state index in [1.807, 2.05) is 0 Å². The van der Waals surface area contributed by atoms with Crippen molar-refractivity contribution in [1.29, 1.82) is 0 Å². The first-order chi connectivity index (χ1) is 17.0. The highest BCUT2D eigenvalue weighted by molar-refractivity contribution is 6.08. The zero-order chi connectivity index (χ0) is 24.1. The van der Waals surface area contributed by atoms with Crippen LogP contribution in [0.1, 0.15) is 80.4 Å². The molecule has 0 spiro atoms. The van der Waals surface area contributed by atoms with E-state index >= 15 is 0 Å². The number of anilines is 1. The summed E-state index contributed by atoms with van der Waals surface area (Å²) in [6.07, 6.45) is 7.34. The van der Waals surface area contributed by atoms with Crippen LogP contribution in [-0.2, 0) is 11.3 Å². The molecule has 0 unspecified atom stereocenters. The second-order valence-electron chi connectivity index (χ2n) is 10.1. The van der Waals surface area contributed by atoms with Crippen molar-refractivity contribution in [1.82, 2.24) is 24.5 Å². The highest BCUT2D eigenvalue weighted by Crippen LogP contribution is 2.36. The van der Waals surface area contributed by atoms with Crippen molar-refractivity contribution >= 4 is 23.2 Å². The summed E-state index contributed by atoms with van der Waals surface area (Å²) in [4.78, 5) is 20.2.